The van der Waals surface area contributed by atoms with Gasteiger partial charge in [0.15, 0.2) is 0 Å². The molecular formula is C17H19ClN2. The molecule has 1 aliphatic rings. The number of aromatic nitrogens is 1. The number of rotatable bonds is 3. The number of halogens is 1. The van der Waals surface area contributed by atoms with Gasteiger partial charge in [0.05, 0.1) is 0 Å². The maximum Gasteiger partial charge on any atom is 0.0485 e. The highest BCUT2D eigenvalue weighted by Crippen LogP contribution is 2.40. The lowest BCUT2D eigenvalue weighted by molar-refractivity contribution is 0.416. The first-order chi connectivity index (χ1) is 9.81. The molecule has 1 aliphatic carbocycles. The topological polar surface area (TPSA) is 24.9 Å². The largest absolute Gasteiger partial charge is 0.312 e. The lowest BCUT2D eigenvalue weighted by atomic mass is 9.79. The molecule has 1 heterocycles. The van der Waals surface area contributed by atoms with Gasteiger partial charge in [-0.25, -0.2) is 0 Å². The van der Waals surface area contributed by atoms with Crippen molar-refractivity contribution in [3.8, 4) is 0 Å². The van der Waals surface area contributed by atoms with Crippen LogP contribution in [0, 0.1) is 0 Å². The van der Waals surface area contributed by atoms with Crippen molar-refractivity contribution in [1.29, 1.82) is 0 Å². The van der Waals surface area contributed by atoms with Crippen LogP contribution >= 0.6 is 11.6 Å². The second-order valence-electron chi connectivity index (χ2n) is 5.33. The first-order valence-electron chi connectivity index (χ1n) is 7.16. The van der Waals surface area contributed by atoms with Gasteiger partial charge in [-0.2, -0.15) is 0 Å². The van der Waals surface area contributed by atoms with Crippen LogP contribution in [-0.4, -0.2) is 12.0 Å². The molecule has 0 bridgehead atoms. The molecule has 0 aliphatic heterocycles. The molecule has 2 atom stereocenters. The van der Waals surface area contributed by atoms with Crippen LogP contribution in [-0.2, 0) is 6.42 Å². The molecule has 1 aromatic carbocycles. The van der Waals surface area contributed by atoms with E-state index in [2.05, 4.69) is 22.4 Å². The van der Waals surface area contributed by atoms with Crippen molar-refractivity contribution in [2.45, 2.75) is 31.2 Å². The van der Waals surface area contributed by atoms with Gasteiger partial charge in [0.2, 0.25) is 0 Å². The molecule has 2 unspecified atom stereocenters. The number of hydrogen-bond acceptors (Lipinski definition) is 2. The first-order valence-corrected chi connectivity index (χ1v) is 7.54. The van der Waals surface area contributed by atoms with E-state index in [4.69, 9.17) is 11.6 Å². The molecule has 0 fully saturated rings. The summed E-state index contributed by atoms with van der Waals surface area (Å²) in [4.78, 5) is 4.64. The maximum absolute atomic E-state index is 6.38. The zero-order chi connectivity index (χ0) is 13.9. The fourth-order valence-electron chi connectivity index (χ4n) is 3.27. The van der Waals surface area contributed by atoms with Gasteiger partial charge in [0.1, 0.15) is 0 Å². The highest BCUT2D eigenvalue weighted by molar-refractivity contribution is 6.31. The zero-order valence-electron chi connectivity index (χ0n) is 11.6. The second-order valence-corrected chi connectivity index (χ2v) is 5.74. The van der Waals surface area contributed by atoms with E-state index in [9.17, 15) is 0 Å². The van der Waals surface area contributed by atoms with E-state index in [0.29, 0.717) is 5.92 Å². The Morgan fingerprint density at radius 3 is 2.90 bits per heavy atom. The Balaban J connectivity index is 2.01. The molecule has 104 valence electrons. The Morgan fingerprint density at radius 2 is 2.10 bits per heavy atom. The zero-order valence-corrected chi connectivity index (χ0v) is 12.4. The number of aryl methyl sites for hydroxylation is 1. The fourth-order valence-corrected chi connectivity index (χ4v) is 3.52. The van der Waals surface area contributed by atoms with Gasteiger partial charge in [-0.1, -0.05) is 35.9 Å². The minimum Gasteiger partial charge on any atom is -0.312 e. The lowest BCUT2D eigenvalue weighted by Gasteiger charge is -2.32. The Morgan fingerprint density at radius 1 is 1.25 bits per heavy atom. The number of hydrogen-bond donors (Lipinski definition) is 1. The van der Waals surface area contributed by atoms with Crippen LogP contribution in [0.4, 0.5) is 0 Å². The summed E-state index contributed by atoms with van der Waals surface area (Å²) in [6, 6.07) is 12.6. The average Bonchev–Trinajstić information content (AvgIpc) is 2.50. The molecule has 0 saturated carbocycles. The quantitative estimate of drug-likeness (QED) is 0.918. The monoisotopic (exact) mass is 286 g/mol. The number of likely N-dealkylation sites (N-methyl/N-ethyl adjacent to an activating group) is 1. The van der Waals surface area contributed by atoms with E-state index in [1.165, 1.54) is 23.2 Å². The fraction of sp³-hybridized carbons (Fsp3) is 0.353. The second kappa shape index (κ2) is 5.94. The molecule has 2 aromatic rings. The summed E-state index contributed by atoms with van der Waals surface area (Å²) >= 11 is 6.38. The van der Waals surface area contributed by atoms with Gasteiger partial charge in [-0.3, -0.25) is 4.98 Å². The number of fused-ring (bicyclic) bond motifs is 1. The molecule has 3 rings (SSSR count). The smallest absolute Gasteiger partial charge is 0.0485 e. The summed E-state index contributed by atoms with van der Waals surface area (Å²) in [7, 11) is 2.01. The van der Waals surface area contributed by atoms with Crippen molar-refractivity contribution < 1.29 is 0 Å². The minimum absolute atomic E-state index is 0.220. The summed E-state index contributed by atoms with van der Waals surface area (Å²) in [6.07, 6.45) is 5.40. The minimum atomic E-state index is 0.220. The number of benzene rings is 1. The van der Waals surface area contributed by atoms with Crippen LogP contribution in [0.5, 0.6) is 0 Å². The van der Waals surface area contributed by atoms with E-state index in [0.717, 1.165) is 17.9 Å². The lowest BCUT2D eigenvalue weighted by Crippen LogP contribution is -2.27. The average molecular weight is 287 g/mol. The van der Waals surface area contributed by atoms with Gasteiger partial charge in [0.25, 0.3) is 0 Å². The maximum atomic E-state index is 6.38. The summed E-state index contributed by atoms with van der Waals surface area (Å²) in [5.41, 5.74) is 3.79. The summed E-state index contributed by atoms with van der Waals surface area (Å²) in [5.74, 6) is 0.393. The van der Waals surface area contributed by atoms with Gasteiger partial charge in [-0.05, 0) is 49.6 Å². The molecule has 0 radical (unpaired) electrons. The highest BCUT2D eigenvalue weighted by Gasteiger charge is 2.30. The first kappa shape index (κ1) is 13.6. The third-order valence-electron chi connectivity index (χ3n) is 4.19. The van der Waals surface area contributed by atoms with Gasteiger partial charge >= 0.3 is 0 Å². The SMILES string of the molecule is CNC(c1ccccc1Cl)C1CCCc2cccnc21. The molecule has 1 N–H and O–H groups in total. The predicted molar refractivity (Wildman–Crippen MR) is 83.2 cm³/mol. The van der Waals surface area contributed by atoms with E-state index >= 15 is 0 Å². The summed E-state index contributed by atoms with van der Waals surface area (Å²) in [6.45, 7) is 0. The highest BCUT2D eigenvalue weighted by atomic mass is 35.5. The van der Waals surface area contributed by atoms with E-state index in [-0.39, 0.29) is 6.04 Å². The van der Waals surface area contributed by atoms with Crippen LogP contribution in [0.25, 0.3) is 0 Å². The van der Waals surface area contributed by atoms with Crippen LogP contribution in [0.1, 0.15) is 41.6 Å². The van der Waals surface area contributed by atoms with Crippen LogP contribution in [0.2, 0.25) is 5.02 Å². The summed E-state index contributed by atoms with van der Waals surface area (Å²) < 4.78 is 0. The predicted octanol–water partition coefficient (Wildman–Crippen LogP) is 4.12. The third kappa shape index (κ3) is 2.46. The van der Waals surface area contributed by atoms with Crippen molar-refractivity contribution in [3.05, 3.63) is 64.4 Å². The van der Waals surface area contributed by atoms with Crippen molar-refractivity contribution >= 4 is 11.6 Å². The van der Waals surface area contributed by atoms with Crippen molar-refractivity contribution in [1.82, 2.24) is 10.3 Å². The van der Waals surface area contributed by atoms with Gasteiger partial charge in [-0.15, -0.1) is 0 Å². The Bertz CT molecular complexity index is 597. The van der Waals surface area contributed by atoms with Crippen molar-refractivity contribution in [3.63, 3.8) is 0 Å². The Labute approximate surface area is 125 Å². The Hall–Kier alpha value is -1.38. The normalized spacial score (nSPS) is 19.4. The van der Waals surface area contributed by atoms with Crippen molar-refractivity contribution in [2.24, 2.45) is 0 Å². The van der Waals surface area contributed by atoms with Crippen LogP contribution in [0.15, 0.2) is 42.6 Å². The van der Waals surface area contributed by atoms with Gasteiger partial charge < -0.3 is 5.32 Å². The number of pyridine rings is 1. The molecule has 20 heavy (non-hydrogen) atoms. The molecule has 1 aromatic heterocycles. The molecular weight excluding hydrogens is 268 g/mol. The molecule has 2 nitrogen and oxygen atoms in total. The summed E-state index contributed by atoms with van der Waals surface area (Å²) in [5, 5.41) is 4.27. The van der Waals surface area contributed by atoms with Crippen molar-refractivity contribution in [2.75, 3.05) is 7.05 Å². The van der Waals surface area contributed by atoms with E-state index < -0.39 is 0 Å². The van der Waals surface area contributed by atoms with Gasteiger partial charge in [0, 0.05) is 28.9 Å². The molecule has 0 saturated heterocycles. The molecule has 3 heteroatoms. The third-order valence-corrected chi connectivity index (χ3v) is 4.54. The van der Waals surface area contributed by atoms with Crippen LogP contribution < -0.4 is 5.32 Å². The molecule has 0 spiro atoms. The number of nitrogens with zero attached hydrogens (tertiary/aromatic N) is 1. The van der Waals surface area contributed by atoms with Crippen LogP contribution in [0.3, 0.4) is 0 Å². The van der Waals surface area contributed by atoms with E-state index in [1.807, 2.05) is 37.5 Å². The Kier molecular flexibility index (Phi) is 4.04. The number of nitrogens with one attached hydrogen (secondary N) is 1. The standard InChI is InChI=1S/C17H19ClN2/c1-19-17(13-8-2-3-10-15(13)18)14-9-4-6-12-7-5-11-20-16(12)14/h2-3,5,7-8,10-11,14,17,19H,4,6,9H2,1H3. The molecule has 0 amide bonds. The van der Waals surface area contributed by atoms with E-state index in [1.54, 1.807) is 0 Å².